The summed E-state index contributed by atoms with van der Waals surface area (Å²) in [4.78, 5) is 27.0. The zero-order valence-corrected chi connectivity index (χ0v) is 18.4. The smallest absolute Gasteiger partial charge is 0.264 e. The van der Waals surface area contributed by atoms with Gasteiger partial charge >= 0.3 is 0 Å². The second kappa shape index (κ2) is 9.43. The van der Waals surface area contributed by atoms with Gasteiger partial charge in [0, 0.05) is 13.1 Å². The van der Waals surface area contributed by atoms with Crippen LogP contribution in [0.3, 0.4) is 0 Å². The van der Waals surface area contributed by atoms with Crippen LogP contribution in [0.4, 0.5) is 5.69 Å². The third-order valence-corrected chi connectivity index (χ3v) is 6.45. The van der Waals surface area contributed by atoms with E-state index in [0.29, 0.717) is 27.9 Å². The second-order valence-electron chi connectivity index (χ2n) is 6.31. The Bertz CT molecular complexity index is 1080. The van der Waals surface area contributed by atoms with Gasteiger partial charge in [-0.05, 0) is 36.2 Å². The predicted molar refractivity (Wildman–Crippen MR) is 119 cm³/mol. The summed E-state index contributed by atoms with van der Waals surface area (Å²) in [5, 5.41) is 12.6. The Morgan fingerprint density at radius 3 is 2.67 bits per heavy atom. The van der Waals surface area contributed by atoms with Crippen LogP contribution in [0.25, 0.3) is 0 Å². The van der Waals surface area contributed by atoms with Gasteiger partial charge in [0.1, 0.15) is 22.4 Å². The molecule has 2 aromatic rings. The molecule has 154 valence electrons. The number of anilines is 1. The molecule has 2 amide bonds. The van der Waals surface area contributed by atoms with Crippen molar-refractivity contribution in [3.05, 3.63) is 68.7 Å². The summed E-state index contributed by atoms with van der Waals surface area (Å²) in [5.74, 6) is -0.252. The fraction of sp³-hybridized carbons (Fsp3) is 0.190. The van der Waals surface area contributed by atoms with Gasteiger partial charge in [0.15, 0.2) is 0 Å². The molecule has 1 fully saturated rings. The maximum absolute atomic E-state index is 13.3. The maximum Gasteiger partial charge on any atom is 0.264 e. The summed E-state index contributed by atoms with van der Waals surface area (Å²) in [5.41, 5.74) is 1.20. The number of halogens is 2. The first kappa shape index (κ1) is 22.0. The van der Waals surface area contributed by atoms with E-state index in [0.717, 1.165) is 5.56 Å². The summed E-state index contributed by atoms with van der Waals surface area (Å²) in [7, 11) is 2.96. The van der Waals surface area contributed by atoms with E-state index in [1.807, 2.05) is 6.07 Å². The number of rotatable bonds is 5. The van der Waals surface area contributed by atoms with Crippen LogP contribution >= 0.6 is 35.0 Å². The van der Waals surface area contributed by atoms with E-state index in [4.69, 9.17) is 27.9 Å². The fourth-order valence-electron chi connectivity index (χ4n) is 2.98. The highest BCUT2D eigenvalue weighted by atomic mass is 35.5. The third-order valence-electron chi connectivity index (χ3n) is 4.45. The van der Waals surface area contributed by atoms with Crippen molar-refractivity contribution in [3.8, 4) is 11.8 Å². The van der Waals surface area contributed by atoms with Gasteiger partial charge in [-0.25, -0.2) is 0 Å². The topological polar surface area (TPSA) is 82.4 Å². The molecule has 3 rings (SSSR count). The predicted octanol–water partition coefficient (Wildman–Crippen LogP) is 4.17. The monoisotopic (exact) mass is 461 g/mol. The van der Waals surface area contributed by atoms with E-state index < -0.39 is 11.2 Å². The fourth-order valence-corrected chi connectivity index (χ4v) is 4.61. The molecule has 1 aliphatic rings. The maximum atomic E-state index is 13.3. The number of likely N-dealkylation sites (N-methyl/N-ethyl adjacent to an activating group) is 1. The average molecular weight is 462 g/mol. The van der Waals surface area contributed by atoms with Gasteiger partial charge in [0.05, 0.1) is 28.1 Å². The highest BCUT2D eigenvalue weighted by Crippen LogP contribution is 2.42. The van der Waals surface area contributed by atoms with Crippen molar-refractivity contribution in [2.24, 2.45) is 0 Å². The molecule has 2 aromatic carbocycles. The van der Waals surface area contributed by atoms with Crippen molar-refractivity contribution in [2.75, 3.05) is 19.1 Å². The van der Waals surface area contributed by atoms with Crippen LogP contribution in [0.1, 0.15) is 5.56 Å². The molecule has 0 bridgehead atoms. The minimum absolute atomic E-state index is 0.129. The number of carbonyl (C=O) groups is 2. The Balaban J connectivity index is 2.05. The molecule has 9 heteroatoms. The lowest BCUT2D eigenvalue weighted by Crippen LogP contribution is -2.31. The van der Waals surface area contributed by atoms with Gasteiger partial charge in [0.2, 0.25) is 5.91 Å². The molecule has 1 aliphatic heterocycles. The summed E-state index contributed by atoms with van der Waals surface area (Å²) >= 11 is 13.3. The van der Waals surface area contributed by atoms with Crippen molar-refractivity contribution in [3.63, 3.8) is 0 Å². The lowest BCUT2D eigenvalue weighted by Gasteiger charge is -2.19. The van der Waals surface area contributed by atoms with Crippen LogP contribution in [-0.2, 0) is 16.0 Å². The number of nitriles is 1. The van der Waals surface area contributed by atoms with E-state index in [-0.39, 0.29) is 16.5 Å². The van der Waals surface area contributed by atoms with Gasteiger partial charge in [0.25, 0.3) is 5.91 Å². The van der Waals surface area contributed by atoms with E-state index in [9.17, 15) is 14.9 Å². The van der Waals surface area contributed by atoms with Gasteiger partial charge < -0.3 is 10.1 Å². The number of hydrogen-bond acceptors (Lipinski definition) is 5. The minimum Gasteiger partial charge on any atom is -0.497 e. The van der Waals surface area contributed by atoms with Crippen molar-refractivity contribution in [1.82, 2.24) is 5.32 Å². The SMILES string of the molecule is CNC(=O)/C(C#N)=C1\S[C@@H](Cc2ccc(Cl)c(Cl)c2)C(=O)N1c1cccc(OC)c1. The number of thioether (sulfide) groups is 1. The number of methoxy groups -OCH3 is 1. The number of nitrogens with zero attached hydrogens (tertiary/aromatic N) is 2. The Kier molecular flexibility index (Phi) is 6.93. The summed E-state index contributed by atoms with van der Waals surface area (Å²) in [6.07, 6.45) is 0.358. The van der Waals surface area contributed by atoms with Crippen LogP contribution in [0.2, 0.25) is 10.0 Å². The third kappa shape index (κ3) is 4.41. The van der Waals surface area contributed by atoms with E-state index in [2.05, 4.69) is 5.32 Å². The number of nitrogens with one attached hydrogen (secondary N) is 1. The van der Waals surface area contributed by atoms with E-state index in [1.165, 1.54) is 30.8 Å². The molecule has 0 radical (unpaired) electrons. The molecule has 0 spiro atoms. The zero-order valence-electron chi connectivity index (χ0n) is 16.1. The van der Waals surface area contributed by atoms with Crippen LogP contribution in [-0.4, -0.2) is 31.2 Å². The molecule has 0 aliphatic carbocycles. The van der Waals surface area contributed by atoms with Gasteiger partial charge in [-0.2, -0.15) is 5.26 Å². The van der Waals surface area contributed by atoms with Gasteiger partial charge in [-0.3, -0.25) is 14.5 Å². The lowest BCUT2D eigenvalue weighted by atomic mass is 10.1. The summed E-state index contributed by atoms with van der Waals surface area (Å²) in [6, 6.07) is 14.0. The first-order valence-electron chi connectivity index (χ1n) is 8.84. The van der Waals surface area contributed by atoms with Crippen molar-refractivity contribution < 1.29 is 14.3 Å². The quantitative estimate of drug-likeness (QED) is 0.533. The minimum atomic E-state index is -0.559. The molecular formula is C21H17Cl2N3O3S. The molecule has 1 saturated heterocycles. The summed E-state index contributed by atoms with van der Waals surface area (Å²) in [6.45, 7) is 0. The Morgan fingerprint density at radius 1 is 1.27 bits per heavy atom. The van der Waals surface area contributed by atoms with E-state index >= 15 is 0 Å². The molecule has 1 N–H and O–H groups in total. The first-order valence-corrected chi connectivity index (χ1v) is 10.5. The molecule has 30 heavy (non-hydrogen) atoms. The second-order valence-corrected chi connectivity index (χ2v) is 8.31. The normalized spacial score (nSPS) is 17.5. The molecular weight excluding hydrogens is 445 g/mol. The van der Waals surface area contributed by atoms with Crippen molar-refractivity contribution >= 4 is 52.5 Å². The highest BCUT2D eigenvalue weighted by Gasteiger charge is 2.40. The lowest BCUT2D eigenvalue weighted by molar-refractivity contribution is -0.117. The number of amides is 2. The first-order chi connectivity index (χ1) is 14.4. The molecule has 0 unspecified atom stereocenters. The van der Waals surface area contributed by atoms with Crippen molar-refractivity contribution in [2.45, 2.75) is 11.7 Å². The number of benzene rings is 2. The van der Waals surface area contributed by atoms with Crippen LogP contribution in [0, 0.1) is 11.3 Å². The molecule has 1 atom stereocenters. The highest BCUT2D eigenvalue weighted by molar-refractivity contribution is 8.05. The largest absolute Gasteiger partial charge is 0.497 e. The average Bonchev–Trinajstić information content (AvgIpc) is 3.06. The standard InChI is InChI=1S/C21H17Cl2N3O3S/c1-25-19(27)15(11-24)21-26(13-4-3-5-14(10-13)29-2)20(28)18(30-21)9-12-6-7-16(22)17(23)8-12/h3-8,10,18H,9H2,1-2H3,(H,25,27)/b21-15-/t18-/m0/s1. The number of ether oxygens (including phenoxy) is 1. The zero-order chi connectivity index (χ0) is 21.8. The Hall–Kier alpha value is -2.66. The molecule has 1 heterocycles. The van der Waals surface area contributed by atoms with E-state index in [1.54, 1.807) is 42.5 Å². The number of carbonyl (C=O) groups excluding carboxylic acids is 2. The van der Waals surface area contributed by atoms with Gasteiger partial charge in [-0.15, -0.1) is 0 Å². The Labute approximate surface area is 188 Å². The van der Waals surface area contributed by atoms with Crippen LogP contribution < -0.4 is 15.0 Å². The Morgan fingerprint density at radius 2 is 2.03 bits per heavy atom. The van der Waals surface area contributed by atoms with Crippen LogP contribution in [0.15, 0.2) is 53.1 Å². The molecule has 6 nitrogen and oxygen atoms in total. The van der Waals surface area contributed by atoms with Crippen molar-refractivity contribution in [1.29, 1.82) is 5.26 Å². The van der Waals surface area contributed by atoms with Gasteiger partial charge in [-0.1, -0.05) is 47.1 Å². The number of hydrogen-bond donors (Lipinski definition) is 1. The van der Waals surface area contributed by atoms with Crippen LogP contribution in [0.5, 0.6) is 5.75 Å². The molecule has 0 saturated carbocycles. The molecule has 0 aromatic heterocycles. The summed E-state index contributed by atoms with van der Waals surface area (Å²) < 4.78 is 5.25.